The molecule has 0 saturated carbocycles. The lowest BCUT2D eigenvalue weighted by Crippen LogP contribution is -2.40. The van der Waals surface area contributed by atoms with Gasteiger partial charge in [-0.2, -0.15) is 0 Å². The minimum Gasteiger partial charge on any atom is -0.328 e. The van der Waals surface area contributed by atoms with Crippen molar-refractivity contribution in [2.75, 3.05) is 6.54 Å². The van der Waals surface area contributed by atoms with Crippen molar-refractivity contribution in [1.82, 2.24) is 19.4 Å². The van der Waals surface area contributed by atoms with Crippen LogP contribution in [0.25, 0.3) is 0 Å². The lowest BCUT2D eigenvalue weighted by Gasteiger charge is -2.27. The average Bonchev–Trinajstić information content (AvgIpc) is 2.75. The van der Waals surface area contributed by atoms with Gasteiger partial charge >= 0.3 is 0 Å². The highest BCUT2D eigenvalue weighted by Crippen LogP contribution is 2.17. The number of carbonyl (C=O) groups excluding carboxylic acids is 1. The number of halogens is 1. The molecule has 1 aliphatic heterocycles. The van der Waals surface area contributed by atoms with E-state index in [1.165, 1.54) is 0 Å². The molecule has 1 aliphatic rings. The summed E-state index contributed by atoms with van der Waals surface area (Å²) < 4.78 is 2.58. The molecule has 19 heavy (non-hydrogen) atoms. The number of imidazole rings is 1. The molecule has 0 bridgehead atoms. The maximum absolute atomic E-state index is 12.3. The van der Waals surface area contributed by atoms with Gasteiger partial charge in [0, 0.05) is 25.0 Å². The molecule has 0 radical (unpaired) electrons. The number of aromatic nitrogens is 3. The summed E-state index contributed by atoms with van der Waals surface area (Å²) in [7, 11) is 0. The summed E-state index contributed by atoms with van der Waals surface area (Å²) in [4.78, 5) is 22.7. The fourth-order valence-corrected chi connectivity index (χ4v) is 2.65. The molecule has 0 atom stereocenters. The molecule has 0 unspecified atom stereocenters. The van der Waals surface area contributed by atoms with Gasteiger partial charge in [0.2, 0.25) is 0 Å². The van der Waals surface area contributed by atoms with Gasteiger partial charge in [-0.1, -0.05) is 6.07 Å². The molecule has 2 aromatic heterocycles. The van der Waals surface area contributed by atoms with Crippen LogP contribution in [0.5, 0.6) is 0 Å². The van der Waals surface area contributed by atoms with Crippen LogP contribution in [0.15, 0.2) is 29.0 Å². The Hall–Kier alpha value is -1.69. The Bertz CT molecular complexity index is 637. The number of fused-ring (bicyclic) bond motifs is 1. The largest absolute Gasteiger partial charge is 0.328 e. The molecule has 0 saturated heterocycles. The normalized spacial score (nSPS) is 14.6. The zero-order chi connectivity index (χ0) is 13.4. The Labute approximate surface area is 119 Å². The van der Waals surface area contributed by atoms with Crippen LogP contribution in [0, 0.1) is 6.92 Å². The van der Waals surface area contributed by atoms with Gasteiger partial charge in [-0.3, -0.25) is 9.78 Å². The number of pyridine rings is 1. The van der Waals surface area contributed by atoms with Crippen molar-refractivity contribution in [1.29, 1.82) is 0 Å². The van der Waals surface area contributed by atoms with Crippen LogP contribution < -0.4 is 0 Å². The number of aryl methyl sites for hydroxylation is 1. The van der Waals surface area contributed by atoms with E-state index in [1.807, 2.05) is 35.9 Å². The summed E-state index contributed by atoms with van der Waals surface area (Å²) in [5.74, 6) is 0.450. The highest BCUT2D eigenvalue weighted by Gasteiger charge is 2.26. The first-order valence-corrected chi connectivity index (χ1v) is 6.87. The van der Waals surface area contributed by atoms with Gasteiger partial charge in [0.25, 0.3) is 5.91 Å². The number of carbonyl (C=O) groups is 1. The van der Waals surface area contributed by atoms with E-state index >= 15 is 0 Å². The Morgan fingerprint density at radius 1 is 1.32 bits per heavy atom. The van der Waals surface area contributed by atoms with E-state index in [-0.39, 0.29) is 5.91 Å². The smallest absolute Gasteiger partial charge is 0.290 e. The summed E-state index contributed by atoms with van der Waals surface area (Å²) in [6, 6.07) is 5.85. The average molecular weight is 321 g/mol. The van der Waals surface area contributed by atoms with E-state index in [9.17, 15) is 4.79 Å². The highest BCUT2D eigenvalue weighted by atomic mass is 79.9. The Balaban J connectivity index is 1.82. The molecule has 0 aliphatic carbocycles. The molecule has 3 rings (SSSR count). The zero-order valence-corrected chi connectivity index (χ0v) is 12.1. The molecule has 0 fully saturated rings. The third-order valence-electron chi connectivity index (χ3n) is 3.14. The molecule has 0 aromatic carbocycles. The third kappa shape index (κ3) is 2.40. The second kappa shape index (κ2) is 4.77. The quantitative estimate of drug-likeness (QED) is 0.850. The first-order valence-electron chi connectivity index (χ1n) is 6.08. The van der Waals surface area contributed by atoms with Gasteiger partial charge in [0.05, 0.1) is 12.2 Å². The lowest BCUT2D eigenvalue weighted by atomic mass is 10.2. The van der Waals surface area contributed by atoms with Crippen LogP contribution in [0.3, 0.4) is 0 Å². The van der Waals surface area contributed by atoms with E-state index in [0.717, 1.165) is 17.9 Å². The van der Waals surface area contributed by atoms with Crippen LogP contribution in [0.2, 0.25) is 0 Å². The molecular weight excluding hydrogens is 308 g/mol. The van der Waals surface area contributed by atoms with Gasteiger partial charge in [-0.15, -0.1) is 0 Å². The van der Waals surface area contributed by atoms with Gasteiger partial charge < -0.3 is 9.47 Å². The molecule has 6 heteroatoms. The standard InChI is InChI=1S/C13H13BrN4O/c1-9-3-2-4-10(15-9)7-18-6-5-17-8-11(14)16-12(17)13(18)19/h2-4,8H,5-7H2,1H3. The van der Waals surface area contributed by atoms with Gasteiger partial charge in [0.15, 0.2) is 5.82 Å². The van der Waals surface area contributed by atoms with Crippen molar-refractivity contribution in [3.05, 3.63) is 46.2 Å². The number of nitrogens with zero attached hydrogens (tertiary/aromatic N) is 4. The first-order chi connectivity index (χ1) is 9.13. The van der Waals surface area contributed by atoms with Crippen LogP contribution in [-0.2, 0) is 13.1 Å². The first kappa shape index (κ1) is 12.3. The summed E-state index contributed by atoms with van der Waals surface area (Å²) in [6.07, 6.45) is 1.84. The second-order valence-corrected chi connectivity index (χ2v) is 5.39. The molecule has 2 aromatic rings. The number of rotatable bonds is 2. The summed E-state index contributed by atoms with van der Waals surface area (Å²) >= 11 is 3.30. The molecule has 98 valence electrons. The number of amides is 1. The second-order valence-electron chi connectivity index (χ2n) is 4.58. The fourth-order valence-electron chi connectivity index (χ4n) is 2.23. The minimum atomic E-state index is -0.0414. The van der Waals surface area contributed by atoms with Crippen molar-refractivity contribution < 1.29 is 4.79 Å². The van der Waals surface area contributed by atoms with E-state index in [0.29, 0.717) is 23.5 Å². The van der Waals surface area contributed by atoms with Crippen molar-refractivity contribution in [2.24, 2.45) is 0 Å². The molecular formula is C13H13BrN4O. The number of hydrogen-bond acceptors (Lipinski definition) is 3. The molecule has 0 N–H and O–H groups in total. The van der Waals surface area contributed by atoms with Gasteiger partial charge in [-0.05, 0) is 35.0 Å². The van der Waals surface area contributed by atoms with Crippen molar-refractivity contribution >= 4 is 21.8 Å². The third-order valence-corrected chi connectivity index (χ3v) is 3.52. The zero-order valence-electron chi connectivity index (χ0n) is 10.5. The monoisotopic (exact) mass is 320 g/mol. The molecule has 0 spiro atoms. The van der Waals surface area contributed by atoms with Gasteiger partial charge in [-0.25, -0.2) is 4.98 Å². The fraction of sp³-hybridized carbons (Fsp3) is 0.308. The van der Waals surface area contributed by atoms with Gasteiger partial charge in [0.1, 0.15) is 4.60 Å². The molecule has 5 nitrogen and oxygen atoms in total. The Morgan fingerprint density at radius 3 is 2.95 bits per heavy atom. The maximum Gasteiger partial charge on any atom is 0.290 e. The summed E-state index contributed by atoms with van der Waals surface area (Å²) in [5, 5.41) is 0. The van der Waals surface area contributed by atoms with Crippen LogP contribution in [0.4, 0.5) is 0 Å². The van der Waals surface area contributed by atoms with Crippen LogP contribution >= 0.6 is 15.9 Å². The Morgan fingerprint density at radius 2 is 2.16 bits per heavy atom. The predicted octanol–water partition coefficient (Wildman–Crippen LogP) is 2.01. The van der Waals surface area contributed by atoms with E-state index in [4.69, 9.17) is 0 Å². The van der Waals surface area contributed by atoms with E-state index in [2.05, 4.69) is 25.9 Å². The van der Waals surface area contributed by atoms with Crippen molar-refractivity contribution in [3.63, 3.8) is 0 Å². The van der Waals surface area contributed by atoms with E-state index < -0.39 is 0 Å². The SMILES string of the molecule is Cc1cccc(CN2CCn3cc(Br)nc3C2=O)n1. The lowest BCUT2D eigenvalue weighted by molar-refractivity contribution is 0.0680. The minimum absolute atomic E-state index is 0.0414. The predicted molar refractivity (Wildman–Crippen MR) is 73.6 cm³/mol. The van der Waals surface area contributed by atoms with Crippen LogP contribution in [0.1, 0.15) is 22.0 Å². The Kier molecular flexibility index (Phi) is 3.10. The molecule has 3 heterocycles. The highest BCUT2D eigenvalue weighted by molar-refractivity contribution is 9.10. The van der Waals surface area contributed by atoms with Crippen LogP contribution in [-0.4, -0.2) is 31.9 Å². The number of hydrogen-bond donors (Lipinski definition) is 0. The van der Waals surface area contributed by atoms with Crippen molar-refractivity contribution in [2.45, 2.75) is 20.0 Å². The molecule has 1 amide bonds. The topological polar surface area (TPSA) is 51.0 Å². The van der Waals surface area contributed by atoms with Crippen molar-refractivity contribution in [3.8, 4) is 0 Å². The van der Waals surface area contributed by atoms with E-state index in [1.54, 1.807) is 4.90 Å². The summed E-state index contributed by atoms with van der Waals surface area (Å²) in [6.45, 7) is 3.94. The maximum atomic E-state index is 12.3. The summed E-state index contributed by atoms with van der Waals surface area (Å²) in [5.41, 5.74) is 1.87.